The second kappa shape index (κ2) is 5.64. The van der Waals surface area contributed by atoms with E-state index < -0.39 is 16.1 Å². The molecule has 7 heteroatoms. The van der Waals surface area contributed by atoms with Gasteiger partial charge in [0.05, 0.1) is 6.04 Å². The highest BCUT2D eigenvalue weighted by atomic mass is 32.2. The predicted octanol–water partition coefficient (Wildman–Crippen LogP) is 2.06. The predicted molar refractivity (Wildman–Crippen MR) is 76.0 cm³/mol. The quantitative estimate of drug-likeness (QED) is 0.882. The Morgan fingerprint density at radius 3 is 2.50 bits per heavy atom. The third-order valence-electron chi connectivity index (χ3n) is 2.82. The third kappa shape index (κ3) is 3.17. The number of furan rings is 1. The summed E-state index contributed by atoms with van der Waals surface area (Å²) >= 11 is 0. The van der Waals surface area contributed by atoms with Crippen molar-refractivity contribution in [2.75, 3.05) is 12.4 Å². The van der Waals surface area contributed by atoms with Crippen molar-refractivity contribution in [1.29, 1.82) is 0 Å². The molecule has 2 aromatic heterocycles. The standard InChI is InChI=1S/C13H17N3O3S/c1-9-4-6-12(19-9)10(2)16-20(17,18)11-5-7-13(14-3)15-8-11/h4-8,10,16H,1-3H3,(H,14,15). The zero-order valence-electron chi connectivity index (χ0n) is 11.5. The molecule has 6 nitrogen and oxygen atoms in total. The van der Waals surface area contributed by atoms with Gasteiger partial charge < -0.3 is 9.73 Å². The molecule has 0 aliphatic heterocycles. The molecular weight excluding hydrogens is 278 g/mol. The van der Waals surface area contributed by atoms with E-state index in [0.717, 1.165) is 5.76 Å². The molecular formula is C13H17N3O3S. The van der Waals surface area contributed by atoms with Crippen molar-refractivity contribution in [3.8, 4) is 0 Å². The lowest BCUT2D eigenvalue weighted by Gasteiger charge is -2.12. The van der Waals surface area contributed by atoms with E-state index >= 15 is 0 Å². The maximum absolute atomic E-state index is 12.2. The number of pyridine rings is 1. The summed E-state index contributed by atoms with van der Waals surface area (Å²) in [6.45, 7) is 3.54. The Balaban J connectivity index is 2.17. The number of nitrogens with one attached hydrogen (secondary N) is 2. The van der Waals surface area contributed by atoms with Crippen molar-refractivity contribution in [3.05, 3.63) is 42.0 Å². The van der Waals surface area contributed by atoms with Crippen LogP contribution in [0.5, 0.6) is 0 Å². The van der Waals surface area contributed by atoms with Crippen molar-refractivity contribution >= 4 is 15.8 Å². The molecule has 2 N–H and O–H groups in total. The Morgan fingerprint density at radius 1 is 1.25 bits per heavy atom. The van der Waals surface area contributed by atoms with E-state index in [4.69, 9.17) is 4.42 Å². The van der Waals surface area contributed by atoms with Gasteiger partial charge in [0.25, 0.3) is 0 Å². The summed E-state index contributed by atoms with van der Waals surface area (Å²) in [7, 11) is -1.91. The monoisotopic (exact) mass is 295 g/mol. The molecule has 0 aliphatic carbocycles. The van der Waals surface area contributed by atoms with Gasteiger partial charge in [-0.2, -0.15) is 0 Å². The summed E-state index contributed by atoms with van der Waals surface area (Å²) in [6.07, 6.45) is 1.31. The lowest BCUT2D eigenvalue weighted by Crippen LogP contribution is -2.26. The number of rotatable bonds is 5. The zero-order valence-corrected chi connectivity index (χ0v) is 12.4. The summed E-state index contributed by atoms with van der Waals surface area (Å²) < 4.78 is 32.4. The van der Waals surface area contributed by atoms with Gasteiger partial charge in [-0.3, -0.25) is 0 Å². The number of nitrogens with zero attached hydrogens (tertiary/aromatic N) is 1. The summed E-state index contributed by atoms with van der Waals surface area (Å²) in [5.74, 6) is 1.93. The molecule has 0 saturated carbocycles. The SMILES string of the molecule is CNc1ccc(S(=O)(=O)NC(C)c2ccc(C)o2)cn1. The van der Waals surface area contributed by atoms with Gasteiger partial charge in [0.2, 0.25) is 10.0 Å². The number of hydrogen-bond acceptors (Lipinski definition) is 5. The average molecular weight is 295 g/mol. The smallest absolute Gasteiger partial charge is 0.242 e. The highest BCUT2D eigenvalue weighted by Gasteiger charge is 2.20. The van der Waals surface area contributed by atoms with E-state index in [-0.39, 0.29) is 4.90 Å². The molecule has 2 heterocycles. The number of aryl methyl sites for hydroxylation is 1. The minimum absolute atomic E-state index is 0.117. The number of hydrogen-bond donors (Lipinski definition) is 2. The Bertz CT molecular complexity index is 677. The summed E-state index contributed by atoms with van der Waals surface area (Å²) in [4.78, 5) is 4.11. The van der Waals surface area contributed by atoms with E-state index in [1.807, 2.05) is 6.92 Å². The zero-order chi connectivity index (χ0) is 14.8. The van der Waals surface area contributed by atoms with E-state index in [0.29, 0.717) is 11.6 Å². The van der Waals surface area contributed by atoms with Crippen LogP contribution in [0.15, 0.2) is 39.8 Å². The topological polar surface area (TPSA) is 84.2 Å². The van der Waals surface area contributed by atoms with Crippen molar-refractivity contribution in [2.24, 2.45) is 0 Å². The van der Waals surface area contributed by atoms with Crippen LogP contribution in [-0.2, 0) is 10.0 Å². The fourth-order valence-electron chi connectivity index (χ4n) is 1.73. The molecule has 108 valence electrons. The van der Waals surface area contributed by atoms with Crippen LogP contribution in [0.3, 0.4) is 0 Å². The Hall–Kier alpha value is -1.86. The molecule has 1 unspecified atom stereocenters. The van der Waals surface area contributed by atoms with Gasteiger partial charge in [-0.05, 0) is 38.1 Å². The maximum Gasteiger partial charge on any atom is 0.242 e. The third-order valence-corrected chi connectivity index (χ3v) is 4.35. The Labute approximate surface area is 118 Å². The molecule has 0 amide bonds. The van der Waals surface area contributed by atoms with Crippen LogP contribution in [0.1, 0.15) is 24.5 Å². The van der Waals surface area contributed by atoms with Crippen LogP contribution in [0.2, 0.25) is 0 Å². The molecule has 0 bridgehead atoms. The maximum atomic E-state index is 12.2. The van der Waals surface area contributed by atoms with Crippen LogP contribution in [0.25, 0.3) is 0 Å². The van der Waals surface area contributed by atoms with E-state index in [1.165, 1.54) is 12.3 Å². The lowest BCUT2D eigenvalue weighted by atomic mass is 10.3. The lowest BCUT2D eigenvalue weighted by molar-refractivity contribution is 0.441. The molecule has 0 fully saturated rings. The van der Waals surface area contributed by atoms with Gasteiger partial charge in [0.15, 0.2) is 0 Å². The normalized spacial score (nSPS) is 13.2. The Kier molecular flexibility index (Phi) is 4.10. The van der Waals surface area contributed by atoms with Crippen LogP contribution < -0.4 is 10.0 Å². The van der Waals surface area contributed by atoms with Crippen molar-refractivity contribution < 1.29 is 12.8 Å². The summed E-state index contributed by atoms with van der Waals surface area (Å²) in [5.41, 5.74) is 0. The van der Waals surface area contributed by atoms with Crippen molar-refractivity contribution in [2.45, 2.75) is 24.8 Å². The fraction of sp³-hybridized carbons (Fsp3) is 0.308. The largest absolute Gasteiger partial charge is 0.465 e. The molecule has 20 heavy (non-hydrogen) atoms. The average Bonchev–Trinajstić information content (AvgIpc) is 2.85. The second-order valence-electron chi connectivity index (χ2n) is 4.42. The first kappa shape index (κ1) is 14.5. The highest BCUT2D eigenvalue weighted by molar-refractivity contribution is 7.89. The molecule has 1 atom stereocenters. The van der Waals surface area contributed by atoms with Crippen LogP contribution >= 0.6 is 0 Å². The minimum Gasteiger partial charge on any atom is -0.465 e. The van der Waals surface area contributed by atoms with E-state index in [9.17, 15) is 8.42 Å². The van der Waals surface area contributed by atoms with Gasteiger partial charge >= 0.3 is 0 Å². The van der Waals surface area contributed by atoms with E-state index in [2.05, 4.69) is 15.0 Å². The first-order valence-electron chi connectivity index (χ1n) is 6.15. The molecule has 0 aromatic carbocycles. The highest BCUT2D eigenvalue weighted by Crippen LogP contribution is 2.19. The number of anilines is 1. The summed E-state index contributed by atoms with van der Waals surface area (Å²) in [5, 5.41) is 2.83. The Morgan fingerprint density at radius 2 is 2.00 bits per heavy atom. The van der Waals surface area contributed by atoms with Gasteiger partial charge in [0.1, 0.15) is 22.2 Å². The van der Waals surface area contributed by atoms with Crippen LogP contribution in [-0.4, -0.2) is 20.4 Å². The first-order valence-corrected chi connectivity index (χ1v) is 7.63. The first-order chi connectivity index (χ1) is 9.42. The van der Waals surface area contributed by atoms with Gasteiger partial charge in [-0.25, -0.2) is 18.1 Å². The van der Waals surface area contributed by atoms with Crippen molar-refractivity contribution in [3.63, 3.8) is 0 Å². The fourth-order valence-corrected chi connectivity index (χ4v) is 2.89. The van der Waals surface area contributed by atoms with Crippen LogP contribution in [0.4, 0.5) is 5.82 Å². The van der Waals surface area contributed by atoms with E-state index in [1.54, 1.807) is 32.2 Å². The van der Waals surface area contributed by atoms with Gasteiger partial charge in [0, 0.05) is 13.2 Å². The molecule has 2 rings (SSSR count). The molecule has 0 spiro atoms. The van der Waals surface area contributed by atoms with Gasteiger partial charge in [-0.15, -0.1) is 0 Å². The molecule has 0 saturated heterocycles. The molecule has 0 aliphatic rings. The summed E-state index contributed by atoms with van der Waals surface area (Å²) in [6, 6.07) is 6.21. The molecule has 2 aromatic rings. The number of sulfonamides is 1. The van der Waals surface area contributed by atoms with Gasteiger partial charge in [-0.1, -0.05) is 0 Å². The minimum atomic E-state index is -3.62. The number of aromatic nitrogens is 1. The molecule has 0 radical (unpaired) electrons. The second-order valence-corrected chi connectivity index (χ2v) is 6.13. The van der Waals surface area contributed by atoms with Crippen molar-refractivity contribution in [1.82, 2.24) is 9.71 Å². The van der Waals surface area contributed by atoms with Crippen LogP contribution in [0, 0.1) is 6.92 Å².